The van der Waals surface area contributed by atoms with Gasteiger partial charge in [0.15, 0.2) is 0 Å². The molecule has 20 heavy (non-hydrogen) atoms. The van der Waals surface area contributed by atoms with Crippen LogP contribution in [0.3, 0.4) is 0 Å². The van der Waals surface area contributed by atoms with Crippen LogP contribution in [0, 0.1) is 6.92 Å². The summed E-state index contributed by atoms with van der Waals surface area (Å²) in [5, 5.41) is 13.5. The van der Waals surface area contributed by atoms with Gasteiger partial charge in [-0.2, -0.15) is 15.4 Å². The second-order valence-corrected chi connectivity index (χ2v) is 4.65. The molecule has 0 aliphatic rings. The number of fused-ring (bicyclic) bond motifs is 1. The Bertz CT molecular complexity index is 763. The van der Waals surface area contributed by atoms with Crippen molar-refractivity contribution in [3.63, 3.8) is 0 Å². The lowest BCUT2D eigenvalue weighted by Crippen LogP contribution is -2.15. The Labute approximate surface area is 116 Å². The van der Waals surface area contributed by atoms with E-state index in [-0.39, 0.29) is 5.91 Å². The number of hydrogen-bond donors (Lipinski definition) is 2. The minimum absolute atomic E-state index is 0.0604. The number of nitrogens with one attached hydrogen (secondary N) is 2. The van der Waals surface area contributed by atoms with Crippen LogP contribution in [-0.4, -0.2) is 21.3 Å². The van der Waals surface area contributed by atoms with E-state index in [2.05, 4.69) is 20.7 Å². The molecule has 0 unspecified atom stereocenters. The molecule has 100 valence electrons. The van der Waals surface area contributed by atoms with Gasteiger partial charge in [-0.05, 0) is 30.2 Å². The molecule has 1 aromatic heterocycles. The van der Waals surface area contributed by atoms with Crippen LogP contribution >= 0.6 is 0 Å². The van der Waals surface area contributed by atoms with E-state index in [1.165, 1.54) is 0 Å². The molecule has 0 fully saturated rings. The molecule has 0 atom stereocenters. The number of anilines is 1. The number of aromatic nitrogens is 3. The van der Waals surface area contributed by atoms with E-state index in [0.29, 0.717) is 17.6 Å². The van der Waals surface area contributed by atoms with Crippen LogP contribution in [-0.2, 0) is 11.2 Å². The van der Waals surface area contributed by atoms with Crippen LogP contribution in [0.15, 0.2) is 42.5 Å². The Kier molecular flexibility index (Phi) is 3.16. The summed E-state index contributed by atoms with van der Waals surface area (Å²) in [6, 6.07) is 13.4. The fourth-order valence-electron chi connectivity index (χ4n) is 2.14. The van der Waals surface area contributed by atoms with Gasteiger partial charge in [0.2, 0.25) is 5.91 Å². The van der Waals surface area contributed by atoms with Crippen LogP contribution in [0.1, 0.15) is 11.1 Å². The molecule has 3 aromatic rings. The molecule has 0 radical (unpaired) electrons. The van der Waals surface area contributed by atoms with Crippen molar-refractivity contribution in [1.82, 2.24) is 15.4 Å². The molecule has 2 N–H and O–H groups in total. The van der Waals surface area contributed by atoms with E-state index in [0.717, 1.165) is 16.6 Å². The third kappa shape index (κ3) is 2.38. The zero-order valence-electron chi connectivity index (χ0n) is 11.1. The van der Waals surface area contributed by atoms with E-state index in [1.54, 1.807) is 0 Å². The molecule has 0 aliphatic carbocycles. The predicted octanol–water partition coefficient (Wildman–Crippen LogP) is 2.45. The Morgan fingerprint density at radius 2 is 2.00 bits per heavy atom. The molecule has 2 aromatic carbocycles. The highest BCUT2D eigenvalue weighted by Crippen LogP contribution is 2.19. The largest absolute Gasteiger partial charge is 0.324 e. The van der Waals surface area contributed by atoms with E-state index in [9.17, 15) is 4.79 Å². The lowest BCUT2D eigenvalue weighted by atomic mass is 10.1. The average Bonchev–Trinajstić information content (AvgIpc) is 2.91. The summed E-state index contributed by atoms with van der Waals surface area (Å²) in [4.78, 5) is 12.1. The first kappa shape index (κ1) is 12.3. The molecule has 0 bridgehead atoms. The van der Waals surface area contributed by atoms with Crippen molar-refractivity contribution in [1.29, 1.82) is 0 Å². The molecule has 3 rings (SSSR count). The van der Waals surface area contributed by atoms with Crippen molar-refractivity contribution in [2.24, 2.45) is 0 Å². The molecular weight excluding hydrogens is 252 g/mol. The van der Waals surface area contributed by atoms with E-state index >= 15 is 0 Å². The zero-order chi connectivity index (χ0) is 13.9. The number of nitrogens with zero attached hydrogens (tertiary/aromatic N) is 2. The van der Waals surface area contributed by atoms with E-state index in [4.69, 9.17) is 0 Å². The standard InChI is InChI=1S/C15H14N4O/c1-10-5-2-3-6-11(10)9-14(20)16-12-7-4-8-13-15(12)18-19-17-13/h2-8H,9H2,1H3,(H,16,20)(H,17,18,19). The summed E-state index contributed by atoms with van der Waals surface area (Å²) in [7, 11) is 0. The highest BCUT2D eigenvalue weighted by atomic mass is 16.1. The van der Waals surface area contributed by atoms with Crippen molar-refractivity contribution >= 4 is 22.6 Å². The average molecular weight is 266 g/mol. The molecule has 1 amide bonds. The number of aryl methyl sites for hydroxylation is 1. The zero-order valence-corrected chi connectivity index (χ0v) is 11.1. The minimum atomic E-state index is -0.0604. The number of aromatic amines is 1. The van der Waals surface area contributed by atoms with Crippen LogP contribution in [0.4, 0.5) is 5.69 Å². The van der Waals surface area contributed by atoms with E-state index < -0.39 is 0 Å². The third-order valence-corrected chi connectivity index (χ3v) is 3.23. The maximum Gasteiger partial charge on any atom is 0.228 e. The molecule has 0 saturated carbocycles. The van der Waals surface area contributed by atoms with Crippen LogP contribution < -0.4 is 5.32 Å². The fraction of sp³-hybridized carbons (Fsp3) is 0.133. The molecule has 0 aliphatic heterocycles. The molecule has 0 saturated heterocycles. The molecule has 5 heteroatoms. The first-order chi connectivity index (χ1) is 9.74. The number of benzene rings is 2. The summed E-state index contributed by atoms with van der Waals surface area (Å²) >= 11 is 0. The van der Waals surface area contributed by atoms with Gasteiger partial charge in [0.05, 0.1) is 12.1 Å². The van der Waals surface area contributed by atoms with Crippen molar-refractivity contribution in [2.75, 3.05) is 5.32 Å². The fourth-order valence-corrected chi connectivity index (χ4v) is 2.14. The molecule has 0 spiro atoms. The van der Waals surface area contributed by atoms with Gasteiger partial charge < -0.3 is 5.32 Å². The number of hydrogen-bond acceptors (Lipinski definition) is 3. The Hall–Kier alpha value is -2.69. The van der Waals surface area contributed by atoms with Gasteiger partial charge in [-0.1, -0.05) is 30.3 Å². The van der Waals surface area contributed by atoms with Gasteiger partial charge in [-0.3, -0.25) is 4.79 Å². The van der Waals surface area contributed by atoms with E-state index in [1.807, 2.05) is 49.4 Å². The number of carbonyl (C=O) groups is 1. The van der Waals surface area contributed by atoms with Crippen molar-refractivity contribution < 1.29 is 4.79 Å². The predicted molar refractivity (Wildman–Crippen MR) is 77.4 cm³/mol. The maximum atomic E-state index is 12.1. The summed E-state index contributed by atoms with van der Waals surface area (Å²) in [5.41, 5.74) is 4.22. The first-order valence-electron chi connectivity index (χ1n) is 6.38. The van der Waals surface area contributed by atoms with Gasteiger partial charge in [0, 0.05) is 0 Å². The smallest absolute Gasteiger partial charge is 0.228 e. The Morgan fingerprint density at radius 3 is 2.85 bits per heavy atom. The quantitative estimate of drug-likeness (QED) is 0.765. The highest BCUT2D eigenvalue weighted by molar-refractivity contribution is 5.99. The summed E-state index contributed by atoms with van der Waals surface area (Å²) in [5.74, 6) is -0.0604. The Morgan fingerprint density at radius 1 is 1.15 bits per heavy atom. The van der Waals surface area contributed by atoms with Gasteiger partial charge in [0.1, 0.15) is 11.0 Å². The molecule has 1 heterocycles. The number of para-hydroxylation sites is 1. The number of rotatable bonds is 3. The van der Waals surface area contributed by atoms with Gasteiger partial charge >= 0.3 is 0 Å². The van der Waals surface area contributed by atoms with Gasteiger partial charge in [-0.25, -0.2) is 0 Å². The lowest BCUT2D eigenvalue weighted by molar-refractivity contribution is -0.115. The first-order valence-corrected chi connectivity index (χ1v) is 6.38. The van der Waals surface area contributed by atoms with Crippen LogP contribution in [0.2, 0.25) is 0 Å². The summed E-state index contributed by atoms with van der Waals surface area (Å²) in [6.45, 7) is 2.00. The van der Waals surface area contributed by atoms with Crippen molar-refractivity contribution in [3.05, 3.63) is 53.6 Å². The summed E-state index contributed by atoms with van der Waals surface area (Å²) < 4.78 is 0. The SMILES string of the molecule is Cc1ccccc1CC(=O)Nc1cccc2n[nH]nc12. The summed E-state index contributed by atoms with van der Waals surface area (Å²) in [6.07, 6.45) is 0.348. The molecule has 5 nitrogen and oxygen atoms in total. The monoisotopic (exact) mass is 266 g/mol. The topological polar surface area (TPSA) is 70.7 Å². The number of H-pyrrole nitrogens is 1. The second kappa shape index (κ2) is 5.13. The second-order valence-electron chi connectivity index (χ2n) is 4.65. The van der Waals surface area contributed by atoms with Crippen molar-refractivity contribution in [2.45, 2.75) is 13.3 Å². The van der Waals surface area contributed by atoms with Crippen molar-refractivity contribution in [3.8, 4) is 0 Å². The lowest BCUT2D eigenvalue weighted by Gasteiger charge is -2.07. The van der Waals surface area contributed by atoms with Gasteiger partial charge in [-0.15, -0.1) is 0 Å². The normalized spacial score (nSPS) is 10.7. The Balaban J connectivity index is 1.80. The van der Waals surface area contributed by atoms with Crippen LogP contribution in [0.5, 0.6) is 0 Å². The minimum Gasteiger partial charge on any atom is -0.324 e. The number of amides is 1. The van der Waals surface area contributed by atoms with Crippen LogP contribution in [0.25, 0.3) is 11.0 Å². The maximum absolute atomic E-state index is 12.1. The molecular formula is C15H14N4O. The third-order valence-electron chi connectivity index (χ3n) is 3.23. The number of carbonyl (C=O) groups excluding carboxylic acids is 1. The van der Waals surface area contributed by atoms with Gasteiger partial charge in [0.25, 0.3) is 0 Å². The highest BCUT2D eigenvalue weighted by Gasteiger charge is 2.09.